The molecule has 2 heteroatoms. The van der Waals surface area contributed by atoms with Crippen molar-refractivity contribution in [3.63, 3.8) is 0 Å². The predicted molar refractivity (Wildman–Crippen MR) is 158 cm³/mol. The Kier molecular flexibility index (Phi) is 7.07. The van der Waals surface area contributed by atoms with E-state index in [2.05, 4.69) is 97.1 Å². The summed E-state index contributed by atoms with van der Waals surface area (Å²) in [6, 6.07) is 34.7. The van der Waals surface area contributed by atoms with Gasteiger partial charge in [0, 0.05) is 21.5 Å². The molecule has 0 saturated heterocycles. The summed E-state index contributed by atoms with van der Waals surface area (Å²) in [5, 5.41) is 4.95. The van der Waals surface area contributed by atoms with E-state index < -0.39 is 0 Å². The molecule has 4 aromatic carbocycles. The smallest absolute Gasteiger partial charge is 0.0741 e. The van der Waals surface area contributed by atoms with E-state index in [1.165, 1.54) is 88.7 Å². The third kappa shape index (κ3) is 5.34. The number of benzene rings is 4. The largest absolute Gasteiger partial charge is 0.248 e. The van der Waals surface area contributed by atoms with E-state index in [4.69, 9.17) is 9.97 Å². The van der Waals surface area contributed by atoms with Crippen LogP contribution in [-0.4, -0.2) is 9.97 Å². The van der Waals surface area contributed by atoms with Gasteiger partial charge in [-0.25, -0.2) is 9.97 Å². The predicted octanol–water partition coefficient (Wildman–Crippen LogP) is 9.61. The van der Waals surface area contributed by atoms with Crippen LogP contribution in [0.4, 0.5) is 0 Å². The van der Waals surface area contributed by atoms with Gasteiger partial charge in [-0.05, 0) is 61.1 Å². The molecule has 2 nitrogen and oxygen atoms in total. The van der Waals surface area contributed by atoms with Crippen molar-refractivity contribution in [3.8, 4) is 0 Å². The summed E-state index contributed by atoms with van der Waals surface area (Å²) in [4.78, 5) is 9.96. The van der Waals surface area contributed by atoms with Crippen molar-refractivity contribution in [2.45, 2.75) is 57.8 Å². The molecule has 0 N–H and O–H groups in total. The lowest BCUT2D eigenvalue weighted by Crippen LogP contribution is -1.92. The first-order chi connectivity index (χ1) is 18.3. The van der Waals surface area contributed by atoms with Gasteiger partial charge in [0.1, 0.15) is 0 Å². The van der Waals surface area contributed by atoms with E-state index in [1.54, 1.807) is 0 Å². The fourth-order valence-electron chi connectivity index (χ4n) is 5.65. The molecule has 0 aliphatic carbocycles. The average Bonchev–Trinajstić information content (AvgIpc) is 2.94. The van der Waals surface area contributed by atoms with Crippen LogP contribution in [0.1, 0.15) is 56.1 Å². The summed E-state index contributed by atoms with van der Waals surface area (Å²) in [6.07, 6.45) is 11.3. The van der Waals surface area contributed by atoms with Gasteiger partial charge in [0.25, 0.3) is 0 Å². The van der Waals surface area contributed by atoms with E-state index in [-0.39, 0.29) is 0 Å². The number of rotatable bonds is 10. The maximum absolute atomic E-state index is 4.98. The Bertz CT molecular complexity index is 1540. The van der Waals surface area contributed by atoms with Crippen molar-refractivity contribution in [1.82, 2.24) is 9.97 Å². The maximum Gasteiger partial charge on any atom is 0.0741 e. The molecule has 0 radical (unpaired) electrons. The highest BCUT2D eigenvalue weighted by molar-refractivity contribution is 5.95. The highest BCUT2D eigenvalue weighted by Crippen LogP contribution is 2.25. The molecule has 184 valence electrons. The summed E-state index contributed by atoms with van der Waals surface area (Å²) in [5.74, 6) is 0. The number of aromatic nitrogens is 2. The van der Waals surface area contributed by atoms with Gasteiger partial charge in [0.2, 0.25) is 0 Å². The van der Waals surface area contributed by atoms with E-state index in [1.807, 2.05) is 0 Å². The van der Waals surface area contributed by atoms with Crippen LogP contribution < -0.4 is 0 Å². The first kappa shape index (κ1) is 23.6. The van der Waals surface area contributed by atoms with Crippen LogP contribution in [-0.2, 0) is 12.8 Å². The number of para-hydroxylation sites is 4. The lowest BCUT2D eigenvalue weighted by Gasteiger charge is -2.08. The minimum Gasteiger partial charge on any atom is -0.248 e. The van der Waals surface area contributed by atoms with Gasteiger partial charge in [-0.3, -0.25) is 0 Å². The number of pyridine rings is 2. The zero-order valence-corrected chi connectivity index (χ0v) is 21.5. The second-order valence-electron chi connectivity index (χ2n) is 10.3. The van der Waals surface area contributed by atoms with E-state index >= 15 is 0 Å². The van der Waals surface area contributed by atoms with Crippen LogP contribution in [0.3, 0.4) is 0 Å². The molecule has 2 heterocycles. The SMILES string of the molecule is c1ccc2nc3c(CCCCCCCCCc4cccc5cc6ccccc6nc45)cccc3cc2c1. The molecule has 0 aliphatic rings. The van der Waals surface area contributed by atoms with Crippen molar-refractivity contribution in [3.05, 3.63) is 108 Å². The Hall–Kier alpha value is -3.78. The van der Waals surface area contributed by atoms with Crippen LogP contribution in [0.2, 0.25) is 0 Å². The fourth-order valence-corrected chi connectivity index (χ4v) is 5.65. The molecule has 0 aliphatic heterocycles. The molecule has 6 rings (SSSR count). The maximum atomic E-state index is 4.98. The number of nitrogens with zero attached hydrogens (tertiary/aromatic N) is 2. The lowest BCUT2D eigenvalue weighted by atomic mass is 10.00. The quantitative estimate of drug-likeness (QED) is 0.143. The molecule has 0 unspecified atom stereocenters. The molecule has 0 bridgehead atoms. The molecule has 2 aromatic heterocycles. The highest BCUT2D eigenvalue weighted by Gasteiger charge is 2.06. The Morgan fingerprint density at radius 2 is 0.784 bits per heavy atom. The molecule has 0 saturated carbocycles. The molecule has 0 spiro atoms. The van der Waals surface area contributed by atoms with Crippen LogP contribution >= 0.6 is 0 Å². The Morgan fingerprint density at radius 3 is 1.27 bits per heavy atom. The van der Waals surface area contributed by atoms with Crippen molar-refractivity contribution in [2.75, 3.05) is 0 Å². The topological polar surface area (TPSA) is 25.8 Å². The molecular formula is C35H34N2. The summed E-state index contributed by atoms with van der Waals surface area (Å²) >= 11 is 0. The molecule has 0 amide bonds. The van der Waals surface area contributed by atoms with Gasteiger partial charge >= 0.3 is 0 Å². The normalized spacial score (nSPS) is 11.7. The number of hydrogen-bond donors (Lipinski definition) is 0. The van der Waals surface area contributed by atoms with Gasteiger partial charge in [0.05, 0.1) is 22.1 Å². The van der Waals surface area contributed by atoms with Crippen LogP contribution in [0, 0.1) is 0 Å². The van der Waals surface area contributed by atoms with Crippen molar-refractivity contribution < 1.29 is 0 Å². The van der Waals surface area contributed by atoms with Gasteiger partial charge < -0.3 is 0 Å². The van der Waals surface area contributed by atoms with Gasteiger partial charge in [-0.1, -0.05) is 105 Å². The lowest BCUT2D eigenvalue weighted by molar-refractivity contribution is 0.579. The van der Waals surface area contributed by atoms with Gasteiger partial charge in [-0.2, -0.15) is 0 Å². The Labute approximate surface area is 219 Å². The summed E-state index contributed by atoms with van der Waals surface area (Å²) in [5.41, 5.74) is 7.32. The van der Waals surface area contributed by atoms with Gasteiger partial charge in [0.15, 0.2) is 0 Å². The fraction of sp³-hybridized carbons (Fsp3) is 0.257. The summed E-state index contributed by atoms with van der Waals surface area (Å²) in [7, 11) is 0. The zero-order valence-electron chi connectivity index (χ0n) is 21.5. The van der Waals surface area contributed by atoms with E-state index in [0.29, 0.717) is 0 Å². The monoisotopic (exact) mass is 482 g/mol. The standard InChI is InChI=1S/C35H34N2/c1(2-4-6-14-26-18-12-20-30-24-28-16-8-10-22-32(28)36-34(26)30)3-5-7-15-27-19-13-21-31-25-29-17-9-11-23-33(29)37-35(27)31/h8-13,16-25H,1-7,14-15H2. The van der Waals surface area contributed by atoms with Gasteiger partial charge in [-0.15, -0.1) is 0 Å². The number of hydrogen-bond acceptors (Lipinski definition) is 2. The number of aryl methyl sites for hydroxylation is 2. The zero-order chi connectivity index (χ0) is 24.9. The van der Waals surface area contributed by atoms with Crippen molar-refractivity contribution >= 4 is 43.6 Å². The van der Waals surface area contributed by atoms with E-state index in [9.17, 15) is 0 Å². The van der Waals surface area contributed by atoms with Crippen LogP contribution in [0.15, 0.2) is 97.1 Å². The second kappa shape index (κ2) is 11.1. The first-order valence-electron chi connectivity index (χ1n) is 13.9. The van der Waals surface area contributed by atoms with Crippen molar-refractivity contribution in [1.29, 1.82) is 0 Å². The number of fused-ring (bicyclic) bond motifs is 4. The Balaban J connectivity index is 0.954. The van der Waals surface area contributed by atoms with E-state index in [0.717, 1.165) is 23.9 Å². The summed E-state index contributed by atoms with van der Waals surface area (Å²) in [6.45, 7) is 0. The van der Waals surface area contributed by atoms with Crippen LogP contribution in [0.25, 0.3) is 43.6 Å². The third-order valence-corrected chi connectivity index (χ3v) is 7.65. The molecule has 37 heavy (non-hydrogen) atoms. The molecular weight excluding hydrogens is 448 g/mol. The summed E-state index contributed by atoms with van der Waals surface area (Å²) < 4.78 is 0. The van der Waals surface area contributed by atoms with Crippen LogP contribution in [0.5, 0.6) is 0 Å². The minimum atomic E-state index is 1.09. The molecule has 0 fully saturated rings. The molecule has 6 aromatic rings. The number of unbranched alkanes of at least 4 members (excludes halogenated alkanes) is 6. The highest BCUT2D eigenvalue weighted by atomic mass is 14.7. The third-order valence-electron chi connectivity index (χ3n) is 7.65. The second-order valence-corrected chi connectivity index (χ2v) is 10.3. The minimum absolute atomic E-state index is 1.09. The average molecular weight is 483 g/mol. The van der Waals surface area contributed by atoms with Crippen molar-refractivity contribution in [2.24, 2.45) is 0 Å². The molecule has 0 atom stereocenters. The Morgan fingerprint density at radius 1 is 0.378 bits per heavy atom. The first-order valence-corrected chi connectivity index (χ1v) is 13.9.